The van der Waals surface area contributed by atoms with Gasteiger partial charge in [0.15, 0.2) is 0 Å². The van der Waals surface area contributed by atoms with Gasteiger partial charge in [-0.05, 0) is 31.4 Å². The maximum Gasteiger partial charge on any atom is 0.322 e. The maximum absolute atomic E-state index is 11.6. The third-order valence-corrected chi connectivity index (χ3v) is 4.06. The van der Waals surface area contributed by atoms with E-state index in [2.05, 4.69) is 10.3 Å². The van der Waals surface area contributed by atoms with Crippen molar-refractivity contribution in [3.63, 3.8) is 0 Å². The van der Waals surface area contributed by atoms with E-state index in [0.29, 0.717) is 11.1 Å². The van der Waals surface area contributed by atoms with E-state index >= 15 is 0 Å². The Labute approximate surface area is 122 Å². The number of halogens is 1. The molecule has 1 heterocycles. The monoisotopic (exact) mass is 300 g/mol. The summed E-state index contributed by atoms with van der Waals surface area (Å²) in [5, 5.41) is 4.86. The summed E-state index contributed by atoms with van der Waals surface area (Å²) in [6.45, 7) is 0. The highest BCUT2D eigenvalue weighted by atomic mass is 35.5. The van der Waals surface area contributed by atoms with Gasteiger partial charge in [-0.15, -0.1) is 11.8 Å². The zero-order valence-electron chi connectivity index (χ0n) is 10.8. The van der Waals surface area contributed by atoms with Crippen molar-refractivity contribution in [2.75, 3.05) is 12.9 Å². The van der Waals surface area contributed by atoms with Gasteiger partial charge in [0, 0.05) is 18.0 Å². The first-order valence-electron chi connectivity index (χ1n) is 6.27. The van der Waals surface area contributed by atoms with Crippen molar-refractivity contribution in [1.82, 2.24) is 10.3 Å². The van der Waals surface area contributed by atoms with E-state index in [1.165, 1.54) is 7.11 Å². The number of carbonyl (C=O) groups excluding carboxylic acids is 1. The van der Waals surface area contributed by atoms with Crippen molar-refractivity contribution in [2.24, 2.45) is 0 Å². The fourth-order valence-corrected chi connectivity index (χ4v) is 2.64. The lowest BCUT2D eigenvalue weighted by Gasteiger charge is -2.15. The Bertz CT molecular complexity index is 423. The first-order valence-corrected chi connectivity index (χ1v) is 7.63. The van der Waals surface area contributed by atoms with Crippen molar-refractivity contribution in [1.29, 1.82) is 0 Å². The van der Waals surface area contributed by atoms with E-state index in [4.69, 9.17) is 16.3 Å². The Hall–Kier alpha value is -0.780. The van der Waals surface area contributed by atoms with E-state index < -0.39 is 0 Å². The Morgan fingerprint density at radius 2 is 2.42 bits per heavy atom. The lowest BCUT2D eigenvalue weighted by Crippen LogP contribution is -2.39. The van der Waals surface area contributed by atoms with Gasteiger partial charge in [0.25, 0.3) is 0 Å². The second-order valence-corrected chi connectivity index (χ2v) is 6.02. The van der Waals surface area contributed by atoms with Gasteiger partial charge in [0.05, 0.1) is 17.2 Å². The average molecular weight is 301 g/mol. The van der Waals surface area contributed by atoms with Crippen LogP contribution in [0.4, 0.5) is 0 Å². The lowest BCUT2D eigenvalue weighted by molar-refractivity contribution is -0.143. The van der Waals surface area contributed by atoms with Crippen LogP contribution >= 0.6 is 23.4 Å². The van der Waals surface area contributed by atoms with E-state index in [1.54, 1.807) is 18.0 Å². The number of thioether (sulfide) groups is 1. The molecule has 1 atom stereocenters. The van der Waals surface area contributed by atoms with Crippen molar-refractivity contribution < 1.29 is 9.53 Å². The number of nitrogens with one attached hydrogen (secondary N) is 1. The minimum Gasteiger partial charge on any atom is -0.468 e. The zero-order chi connectivity index (χ0) is 13.7. The quantitative estimate of drug-likeness (QED) is 0.619. The molecule has 1 aromatic heterocycles. The third-order valence-electron chi connectivity index (χ3n) is 2.86. The first kappa shape index (κ1) is 14.6. The minimum absolute atomic E-state index is 0.184. The molecule has 6 heteroatoms. The number of rotatable bonds is 7. The van der Waals surface area contributed by atoms with Crippen LogP contribution in [0.2, 0.25) is 5.02 Å². The van der Waals surface area contributed by atoms with Gasteiger partial charge in [-0.25, -0.2) is 4.98 Å². The summed E-state index contributed by atoms with van der Waals surface area (Å²) in [7, 11) is 1.43. The maximum atomic E-state index is 11.6. The first-order chi connectivity index (χ1) is 9.19. The van der Waals surface area contributed by atoms with Gasteiger partial charge in [0.1, 0.15) is 6.04 Å². The van der Waals surface area contributed by atoms with Gasteiger partial charge in [-0.3, -0.25) is 4.79 Å². The molecule has 1 saturated carbocycles. The van der Waals surface area contributed by atoms with Crippen LogP contribution in [0, 0.1) is 0 Å². The summed E-state index contributed by atoms with van der Waals surface area (Å²) in [5.41, 5.74) is 0. The van der Waals surface area contributed by atoms with E-state index in [-0.39, 0.29) is 12.0 Å². The van der Waals surface area contributed by atoms with Crippen LogP contribution in [-0.4, -0.2) is 35.9 Å². The molecule has 1 aliphatic carbocycles. The standard InChI is InChI=1S/C13H17ClN2O2S/c1-18-13(17)11(16-10-3-4-10)6-7-19-12-5-2-9(14)8-15-12/h2,5,8,10-11,16H,3-4,6-7H2,1H3. The number of methoxy groups -OCH3 is 1. The van der Waals surface area contributed by atoms with Gasteiger partial charge >= 0.3 is 5.97 Å². The smallest absolute Gasteiger partial charge is 0.322 e. The van der Waals surface area contributed by atoms with Crippen molar-refractivity contribution >= 4 is 29.3 Å². The second-order valence-electron chi connectivity index (χ2n) is 4.47. The van der Waals surface area contributed by atoms with Crippen LogP contribution in [0.3, 0.4) is 0 Å². The molecule has 1 unspecified atom stereocenters. The highest BCUT2D eigenvalue weighted by Gasteiger charge is 2.28. The van der Waals surface area contributed by atoms with Gasteiger partial charge < -0.3 is 10.1 Å². The summed E-state index contributed by atoms with van der Waals surface area (Å²) >= 11 is 7.39. The summed E-state index contributed by atoms with van der Waals surface area (Å²) in [6, 6.07) is 3.98. The molecule has 1 aliphatic rings. The molecule has 4 nitrogen and oxygen atoms in total. The highest BCUT2D eigenvalue weighted by molar-refractivity contribution is 7.99. The number of esters is 1. The molecule has 19 heavy (non-hydrogen) atoms. The predicted molar refractivity (Wildman–Crippen MR) is 76.5 cm³/mol. The fraction of sp³-hybridized carbons (Fsp3) is 0.538. The van der Waals surface area contributed by atoms with Gasteiger partial charge in [-0.2, -0.15) is 0 Å². The Morgan fingerprint density at radius 3 is 3.00 bits per heavy atom. The molecule has 0 amide bonds. The summed E-state index contributed by atoms with van der Waals surface area (Å²) < 4.78 is 4.82. The van der Waals surface area contributed by atoms with Crippen LogP contribution in [0.1, 0.15) is 19.3 Å². The molecule has 0 spiro atoms. The Balaban J connectivity index is 1.77. The molecule has 104 valence electrons. The van der Waals surface area contributed by atoms with E-state index in [9.17, 15) is 4.79 Å². The van der Waals surface area contributed by atoms with Gasteiger partial charge in [0.2, 0.25) is 0 Å². The van der Waals surface area contributed by atoms with Crippen molar-refractivity contribution in [2.45, 2.75) is 36.4 Å². The second kappa shape index (κ2) is 7.12. The SMILES string of the molecule is COC(=O)C(CCSc1ccc(Cl)cn1)NC1CC1. The molecule has 1 N–H and O–H groups in total. The number of carbonyl (C=O) groups is 1. The molecule has 0 aliphatic heterocycles. The molecule has 2 rings (SSSR count). The lowest BCUT2D eigenvalue weighted by atomic mass is 10.2. The van der Waals surface area contributed by atoms with Crippen LogP contribution in [0.5, 0.6) is 0 Å². The van der Waals surface area contributed by atoms with E-state index in [0.717, 1.165) is 30.0 Å². The molecule has 0 radical (unpaired) electrons. The number of hydrogen-bond acceptors (Lipinski definition) is 5. The number of hydrogen-bond donors (Lipinski definition) is 1. The van der Waals surface area contributed by atoms with Gasteiger partial charge in [-0.1, -0.05) is 11.6 Å². The predicted octanol–water partition coefficient (Wildman–Crippen LogP) is 2.51. The Kier molecular flexibility index (Phi) is 5.48. The zero-order valence-corrected chi connectivity index (χ0v) is 12.3. The Morgan fingerprint density at radius 1 is 1.63 bits per heavy atom. The number of pyridine rings is 1. The molecule has 0 saturated heterocycles. The van der Waals surface area contributed by atoms with Crippen molar-refractivity contribution in [3.05, 3.63) is 23.4 Å². The fourth-order valence-electron chi connectivity index (χ4n) is 1.67. The average Bonchev–Trinajstić information content (AvgIpc) is 3.23. The number of aromatic nitrogens is 1. The number of ether oxygens (including phenoxy) is 1. The normalized spacial score (nSPS) is 16.1. The summed E-state index contributed by atoms with van der Waals surface area (Å²) in [5.74, 6) is 0.630. The molecular formula is C13H17ClN2O2S. The molecule has 0 bridgehead atoms. The number of nitrogens with zero attached hydrogens (tertiary/aromatic N) is 1. The van der Waals surface area contributed by atoms with Crippen LogP contribution in [-0.2, 0) is 9.53 Å². The topological polar surface area (TPSA) is 51.2 Å². The largest absolute Gasteiger partial charge is 0.468 e. The van der Waals surface area contributed by atoms with Crippen LogP contribution in [0.15, 0.2) is 23.4 Å². The summed E-state index contributed by atoms with van der Waals surface area (Å²) in [4.78, 5) is 15.8. The molecular weight excluding hydrogens is 284 g/mol. The molecule has 1 aromatic rings. The molecule has 0 aromatic carbocycles. The van der Waals surface area contributed by atoms with E-state index in [1.807, 2.05) is 12.1 Å². The highest BCUT2D eigenvalue weighted by Crippen LogP contribution is 2.22. The van der Waals surface area contributed by atoms with Crippen LogP contribution < -0.4 is 5.32 Å². The third kappa shape index (κ3) is 5.01. The minimum atomic E-state index is -0.211. The summed E-state index contributed by atoms with van der Waals surface area (Å²) in [6.07, 6.45) is 4.67. The van der Waals surface area contributed by atoms with Crippen molar-refractivity contribution in [3.8, 4) is 0 Å². The molecule has 1 fully saturated rings. The van der Waals surface area contributed by atoms with Crippen LogP contribution in [0.25, 0.3) is 0 Å².